The van der Waals surface area contributed by atoms with E-state index in [1.54, 1.807) is 6.20 Å². The molecule has 0 amide bonds. The van der Waals surface area contributed by atoms with E-state index in [0.717, 1.165) is 11.0 Å². The van der Waals surface area contributed by atoms with Crippen molar-refractivity contribution < 1.29 is 0 Å². The number of fused-ring (bicyclic) bond motifs is 1. The quantitative estimate of drug-likeness (QED) is 0.557. The highest BCUT2D eigenvalue weighted by Gasteiger charge is 1.99. The molecule has 1 N–H and O–H groups in total. The van der Waals surface area contributed by atoms with Gasteiger partial charge in [0.15, 0.2) is 0 Å². The van der Waals surface area contributed by atoms with Crippen molar-refractivity contribution in [2.45, 2.75) is 0 Å². The smallest absolute Gasteiger partial charge is 0.141 e. The van der Waals surface area contributed by atoms with E-state index in [-0.39, 0.29) is 0 Å². The molecular formula is C8H5N3. The Bertz CT molecular complexity index is 422. The van der Waals surface area contributed by atoms with E-state index in [0.29, 0.717) is 5.69 Å². The minimum atomic E-state index is 0.635. The Morgan fingerprint density at radius 3 is 3.18 bits per heavy atom. The molecule has 3 heteroatoms. The molecule has 0 aliphatic heterocycles. The lowest BCUT2D eigenvalue weighted by Crippen LogP contribution is -1.84. The molecule has 0 atom stereocenters. The summed E-state index contributed by atoms with van der Waals surface area (Å²) in [6.45, 7) is 0. The van der Waals surface area contributed by atoms with Crippen LogP contribution in [0.4, 0.5) is 0 Å². The van der Waals surface area contributed by atoms with Crippen LogP contribution in [0.5, 0.6) is 0 Å². The minimum absolute atomic E-state index is 0.635. The zero-order valence-corrected chi connectivity index (χ0v) is 5.70. The Morgan fingerprint density at radius 2 is 2.36 bits per heavy atom. The summed E-state index contributed by atoms with van der Waals surface area (Å²) < 4.78 is 0. The molecule has 0 fully saturated rings. The van der Waals surface area contributed by atoms with E-state index in [2.05, 4.69) is 20.9 Å². The SMILES string of the molecule is C#Cc1ncnc2[nH]ccc12. The molecule has 2 heterocycles. The van der Waals surface area contributed by atoms with Crippen LogP contribution in [-0.2, 0) is 0 Å². The van der Waals surface area contributed by atoms with Crippen LogP contribution in [0.15, 0.2) is 18.6 Å². The van der Waals surface area contributed by atoms with Gasteiger partial charge in [0.05, 0.1) is 5.39 Å². The number of aromatic amines is 1. The molecule has 0 saturated heterocycles. The molecular weight excluding hydrogens is 138 g/mol. The number of aromatic nitrogens is 3. The topological polar surface area (TPSA) is 41.6 Å². The van der Waals surface area contributed by atoms with E-state index >= 15 is 0 Å². The fourth-order valence-corrected chi connectivity index (χ4v) is 0.987. The first-order chi connectivity index (χ1) is 5.42. The zero-order valence-electron chi connectivity index (χ0n) is 5.70. The maximum absolute atomic E-state index is 5.22. The molecule has 2 aromatic heterocycles. The van der Waals surface area contributed by atoms with Crippen molar-refractivity contribution in [3.63, 3.8) is 0 Å². The van der Waals surface area contributed by atoms with E-state index in [9.17, 15) is 0 Å². The van der Waals surface area contributed by atoms with Gasteiger partial charge in [-0.3, -0.25) is 0 Å². The first-order valence-electron chi connectivity index (χ1n) is 3.16. The van der Waals surface area contributed by atoms with Gasteiger partial charge in [0, 0.05) is 6.20 Å². The first-order valence-corrected chi connectivity index (χ1v) is 3.16. The Labute approximate surface area is 63.5 Å². The summed E-state index contributed by atoms with van der Waals surface area (Å²) in [6, 6.07) is 1.87. The van der Waals surface area contributed by atoms with E-state index < -0.39 is 0 Å². The zero-order chi connectivity index (χ0) is 7.68. The second-order valence-electron chi connectivity index (χ2n) is 2.11. The Hall–Kier alpha value is -1.82. The van der Waals surface area contributed by atoms with Crippen molar-refractivity contribution in [2.24, 2.45) is 0 Å². The fourth-order valence-electron chi connectivity index (χ4n) is 0.987. The van der Waals surface area contributed by atoms with E-state index in [1.165, 1.54) is 6.33 Å². The summed E-state index contributed by atoms with van der Waals surface area (Å²) in [4.78, 5) is 10.9. The molecule has 0 saturated carbocycles. The third kappa shape index (κ3) is 0.767. The molecule has 3 nitrogen and oxygen atoms in total. The van der Waals surface area contributed by atoms with Crippen LogP contribution in [0.25, 0.3) is 11.0 Å². The number of hydrogen-bond acceptors (Lipinski definition) is 2. The van der Waals surface area contributed by atoms with Crippen molar-refractivity contribution >= 4 is 11.0 Å². The van der Waals surface area contributed by atoms with Gasteiger partial charge in [-0.2, -0.15) is 0 Å². The number of hydrogen-bond donors (Lipinski definition) is 1. The lowest BCUT2D eigenvalue weighted by atomic mass is 10.3. The third-order valence-electron chi connectivity index (χ3n) is 1.49. The van der Waals surface area contributed by atoms with Crippen LogP contribution < -0.4 is 0 Å². The average molecular weight is 143 g/mol. The van der Waals surface area contributed by atoms with Crippen LogP contribution in [0, 0.1) is 12.3 Å². The molecule has 0 spiro atoms. The van der Waals surface area contributed by atoms with Crippen molar-refractivity contribution in [3.8, 4) is 12.3 Å². The lowest BCUT2D eigenvalue weighted by molar-refractivity contribution is 1.18. The van der Waals surface area contributed by atoms with Gasteiger partial charge in [-0.15, -0.1) is 6.42 Å². The Morgan fingerprint density at radius 1 is 1.45 bits per heavy atom. The van der Waals surface area contributed by atoms with Gasteiger partial charge in [0.2, 0.25) is 0 Å². The van der Waals surface area contributed by atoms with Crippen LogP contribution in [0.1, 0.15) is 5.69 Å². The highest BCUT2D eigenvalue weighted by molar-refractivity contribution is 5.80. The summed E-state index contributed by atoms with van der Waals surface area (Å²) >= 11 is 0. The van der Waals surface area contributed by atoms with Crippen LogP contribution >= 0.6 is 0 Å². The predicted molar refractivity (Wildman–Crippen MR) is 41.8 cm³/mol. The third-order valence-corrected chi connectivity index (χ3v) is 1.49. The molecule has 0 bridgehead atoms. The summed E-state index contributed by atoms with van der Waals surface area (Å²) in [5.74, 6) is 2.48. The van der Waals surface area contributed by atoms with Crippen LogP contribution in [-0.4, -0.2) is 15.0 Å². The van der Waals surface area contributed by atoms with Gasteiger partial charge in [0.1, 0.15) is 17.7 Å². The fraction of sp³-hybridized carbons (Fsp3) is 0. The number of H-pyrrole nitrogens is 1. The second kappa shape index (κ2) is 2.10. The maximum atomic E-state index is 5.22. The summed E-state index contributed by atoms with van der Waals surface area (Å²) in [6.07, 6.45) is 8.47. The average Bonchev–Trinajstić information content (AvgIpc) is 2.50. The van der Waals surface area contributed by atoms with Gasteiger partial charge in [-0.1, -0.05) is 0 Å². The highest BCUT2D eigenvalue weighted by Crippen LogP contribution is 2.10. The Kier molecular flexibility index (Phi) is 1.13. The summed E-state index contributed by atoms with van der Waals surface area (Å²) in [7, 11) is 0. The normalized spacial score (nSPS) is 9.73. The highest BCUT2D eigenvalue weighted by atomic mass is 14.9. The summed E-state index contributed by atoms with van der Waals surface area (Å²) in [5.41, 5.74) is 1.42. The van der Waals surface area contributed by atoms with Gasteiger partial charge in [0.25, 0.3) is 0 Å². The van der Waals surface area contributed by atoms with E-state index in [4.69, 9.17) is 6.42 Å². The van der Waals surface area contributed by atoms with Crippen molar-refractivity contribution in [2.75, 3.05) is 0 Å². The van der Waals surface area contributed by atoms with Gasteiger partial charge in [-0.25, -0.2) is 9.97 Å². The molecule has 0 unspecified atom stereocenters. The minimum Gasteiger partial charge on any atom is -0.346 e. The molecule has 2 aromatic rings. The van der Waals surface area contributed by atoms with Gasteiger partial charge < -0.3 is 4.98 Å². The Balaban J connectivity index is 2.92. The summed E-state index contributed by atoms with van der Waals surface area (Å²) in [5, 5.41) is 0.898. The van der Waals surface area contributed by atoms with Crippen molar-refractivity contribution in [1.82, 2.24) is 15.0 Å². The lowest BCUT2D eigenvalue weighted by Gasteiger charge is -1.89. The van der Waals surface area contributed by atoms with Crippen LogP contribution in [0.2, 0.25) is 0 Å². The monoisotopic (exact) mass is 143 g/mol. The second-order valence-corrected chi connectivity index (χ2v) is 2.11. The molecule has 2 rings (SSSR count). The first kappa shape index (κ1) is 5.93. The predicted octanol–water partition coefficient (Wildman–Crippen LogP) is 0.939. The number of nitrogens with zero attached hydrogens (tertiary/aromatic N) is 2. The number of nitrogens with one attached hydrogen (secondary N) is 1. The largest absolute Gasteiger partial charge is 0.346 e. The molecule has 0 aliphatic carbocycles. The number of terminal acetylenes is 1. The molecule has 52 valence electrons. The van der Waals surface area contributed by atoms with Gasteiger partial charge in [-0.05, 0) is 12.0 Å². The molecule has 0 aromatic carbocycles. The number of rotatable bonds is 0. The standard InChI is InChI=1S/C8H5N3/c1-2-7-6-3-4-9-8(6)11-5-10-7/h1,3-5H,(H,9,10,11). The molecule has 11 heavy (non-hydrogen) atoms. The van der Waals surface area contributed by atoms with Crippen molar-refractivity contribution in [3.05, 3.63) is 24.3 Å². The van der Waals surface area contributed by atoms with Crippen LogP contribution in [0.3, 0.4) is 0 Å². The van der Waals surface area contributed by atoms with Gasteiger partial charge >= 0.3 is 0 Å². The maximum Gasteiger partial charge on any atom is 0.141 e. The van der Waals surface area contributed by atoms with Crippen molar-refractivity contribution in [1.29, 1.82) is 0 Å². The van der Waals surface area contributed by atoms with E-state index in [1.807, 2.05) is 6.07 Å². The molecule has 0 aliphatic rings. The molecule has 0 radical (unpaired) electrons.